The monoisotopic (exact) mass is 357 g/mol. The van der Waals surface area contributed by atoms with E-state index in [0.717, 1.165) is 56.3 Å². The minimum atomic E-state index is 0.0722. The van der Waals surface area contributed by atoms with Crippen molar-refractivity contribution in [3.05, 3.63) is 29.8 Å². The number of Topliss-reactive ketones (excluding diaryl/α,β-unsaturated/α-hetero) is 1. The van der Waals surface area contributed by atoms with Crippen molar-refractivity contribution >= 4 is 17.5 Å². The number of benzene rings is 1. The quantitative estimate of drug-likeness (QED) is 0.624. The lowest BCUT2D eigenvalue weighted by Crippen LogP contribution is -2.52. The van der Waals surface area contributed by atoms with Gasteiger partial charge in [0, 0.05) is 44.0 Å². The summed E-state index contributed by atoms with van der Waals surface area (Å²) in [5.74, 6) is 0.982. The van der Waals surface area contributed by atoms with Gasteiger partial charge in [0.1, 0.15) is 0 Å². The smallest absolute Gasteiger partial charge is 0.317 e. The molecule has 1 aromatic rings. The Morgan fingerprint density at radius 2 is 1.69 bits per heavy atom. The number of nitrogens with zero attached hydrogens (tertiary/aromatic N) is 2. The zero-order valence-electron chi connectivity index (χ0n) is 15.9. The van der Waals surface area contributed by atoms with Gasteiger partial charge in [0.15, 0.2) is 5.78 Å². The number of rotatable bonds is 6. The number of piperazine rings is 1. The normalized spacial score (nSPS) is 18.2. The molecule has 1 aromatic carbocycles. The number of nitrogens with one attached hydrogen (secondary N) is 1. The molecule has 3 rings (SSSR count). The molecule has 26 heavy (non-hydrogen) atoms. The van der Waals surface area contributed by atoms with Gasteiger partial charge in [-0.05, 0) is 49.9 Å². The third kappa shape index (κ3) is 4.99. The van der Waals surface area contributed by atoms with E-state index in [9.17, 15) is 9.59 Å². The number of hydrogen-bond acceptors (Lipinski definition) is 3. The van der Waals surface area contributed by atoms with Crippen molar-refractivity contribution in [2.75, 3.05) is 37.6 Å². The molecule has 0 spiro atoms. The van der Waals surface area contributed by atoms with Crippen LogP contribution in [0.5, 0.6) is 0 Å². The van der Waals surface area contributed by atoms with Gasteiger partial charge in [-0.1, -0.05) is 25.7 Å². The maximum absolute atomic E-state index is 12.3. The molecular formula is C21H31N3O2. The zero-order chi connectivity index (χ0) is 18.4. The minimum Gasteiger partial charge on any atom is -0.368 e. The van der Waals surface area contributed by atoms with Gasteiger partial charge in [-0.15, -0.1) is 0 Å². The van der Waals surface area contributed by atoms with Gasteiger partial charge < -0.3 is 15.1 Å². The summed E-state index contributed by atoms with van der Waals surface area (Å²) in [6.45, 7) is 5.51. The van der Waals surface area contributed by atoms with Crippen molar-refractivity contribution < 1.29 is 9.59 Å². The predicted molar refractivity (Wildman–Crippen MR) is 105 cm³/mol. The molecule has 1 aliphatic carbocycles. The molecule has 5 heteroatoms. The van der Waals surface area contributed by atoms with Crippen LogP contribution >= 0.6 is 0 Å². The van der Waals surface area contributed by atoms with Crippen LogP contribution in [0.3, 0.4) is 0 Å². The van der Waals surface area contributed by atoms with Crippen LogP contribution in [-0.4, -0.2) is 49.4 Å². The van der Waals surface area contributed by atoms with Gasteiger partial charge in [-0.25, -0.2) is 4.79 Å². The number of anilines is 1. The third-order valence-electron chi connectivity index (χ3n) is 5.75. The van der Waals surface area contributed by atoms with Crippen molar-refractivity contribution in [1.29, 1.82) is 0 Å². The van der Waals surface area contributed by atoms with E-state index in [1.807, 2.05) is 29.2 Å². The van der Waals surface area contributed by atoms with Gasteiger partial charge in [0.05, 0.1) is 0 Å². The van der Waals surface area contributed by atoms with E-state index in [4.69, 9.17) is 0 Å². The molecule has 142 valence electrons. The Hall–Kier alpha value is -2.04. The first-order chi connectivity index (χ1) is 12.6. The second kappa shape index (κ2) is 9.06. The van der Waals surface area contributed by atoms with Crippen LogP contribution in [0.4, 0.5) is 10.5 Å². The SMILES string of the molecule is CC(=O)c1ccc(N2CCN(C(=O)NCCCC3CCCC3)CC2)cc1. The van der Waals surface area contributed by atoms with Crippen LogP contribution in [0, 0.1) is 5.92 Å². The molecule has 2 amide bonds. The topological polar surface area (TPSA) is 52.7 Å². The highest BCUT2D eigenvalue weighted by Gasteiger charge is 2.21. The Morgan fingerprint density at radius 1 is 1.04 bits per heavy atom. The Labute approximate surface area is 156 Å². The molecule has 1 heterocycles. The van der Waals surface area contributed by atoms with Crippen LogP contribution in [-0.2, 0) is 0 Å². The molecule has 2 fully saturated rings. The first-order valence-electron chi connectivity index (χ1n) is 10.0. The molecule has 0 bridgehead atoms. The summed E-state index contributed by atoms with van der Waals surface area (Å²) in [5, 5.41) is 3.08. The van der Waals surface area contributed by atoms with Crippen LogP contribution in [0.2, 0.25) is 0 Å². The molecule has 0 radical (unpaired) electrons. The molecule has 0 unspecified atom stereocenters. The summed E-state index contributed by atoms with van der Waals surface area (Å²) in [6.07, 6.45) is 7.88. The maximum atomic E-state index is 12.3. The lowest BCUT2D eigenvalue weighted by atomic mass is 10.0. The number of ketones is 1. The fraction of sp³-hybridized carbons (Fsp3) is 0.619. The first-order valence-corrected chi connectivity index (χ1v) is 10.0. The van der Waals surface area contributed by atoms with Gasteiger partial charge in [-0.2, -0.15) is 0 Å². The second-order valence-corrected chi connectivity index (χ2v) is 7.60. The average Bonchev–Trinajstić information content (AvgIpc) is 3.19. The highest BCUT2D eigenvalue weighted by atomic mass is 16.2. The Balaban J connectivity index is 1.37. The lowest BCUT2D eigenvalue weighted by Gasteiger charge is -2.36. The molecule has 1 saturated heterocycles. The number of carbonyl (C=O) groups is 2. The van der Waals surface area contributed by atoms with Crippen LogP contribution < -0.4 is 10.2 Å². The van der Waals surface area contributed by atoms with Crippen LogP contribution in [0.1, 0.15) is 55.8 Å². The lowest BCUT2D eigenvalue weighted by molar-refractivity contribution is 0.101. The van der Waals surface area contributed by atoms with Gasteiger partial charge in [0.25, 0.3) is 0 Å². The van der Waals surface area contributed by atoms with Gasteiger partial charge in [-0.3, -0.25) is 4.79 Å². The van der Waals surface area contributed by atoms with E-state index < -0.39 is 0 Å². The summed E-state index contributed by atoms with van der Waals surface area (Å²) in [6, 6.07) is 7.82. The summed E-state index contributed by atoms with van der Waals surface area (Å²) >= 11 is 0. The van der Waals surface area contributed by atoms with Gasteiger partial charge in [0.2, 0.25) is 0 Å². The maximum Gasteiger partial charge on any atom is 0.317 e. The van der Waals surface area contributed by atoms with Crippen LogP contribution in [0.15, 0.2) is 24.3 Å². The fourth-order valence-corrected chi connectivity index (χ4v) is 4.07. The average molecular weight is 357 g/mol. The number of urea groups is 1. The Morgan fingerprint density at radius 3 is 2.31 bits per heavy atom. The van der Waals surface area contributed by atoms with E-state index in [1.165, 1.54) is 32.1 Å². The summed E-state index contributed by atoms with van der Waals surface area (Å²) < 4.78 is 0. The van der Waals surface area contributed by atoms with E-state index in [2.05, 4.69) is 10.2 Å². The molecule has 0 aromatic heterocycles. The van der Waals surface area contributed by atoms with Crippen LogP contribution in [0.25, 0.3) is 0 Å². The van der Waals surface area contributed by atoms with Crippen molar-refractivity contribution in [3.8, 4) is 0 Å². The largest absolute Gasteiger partial charge is 0.368 e. The minimum absolute atomic E-state index is 0.0722. The summed E-state index contributed by atoms with van der Waals surface area (Å²) in [5.41, 5.74) is 1.86. The van der Waals surface area contributed by atoms with E-state index >= 15 is 0 Å². The molecular weight excluding hydrogens is 326 g/mol. The molecule has 1 N–H and O–H groups in total. The second-order valence-electron chi connectivity index (χ2n) is 7.60. The van der Waals surface area contributed by atoms with Crippen molar-refractivity contribution in [1.82, 2.24) is 10.2 Å². The molecule has 1 aliphatic heterocycles. The molecule has 2 aliphatic rings. The summed E-state index contributed by atoms with van der Waals surface area (Å²) in [7, 11) is 0. The number of carbonyl (C=O) groups excluding carboxylic acids is 2. The highest BCUT2D eigenvalue weighted by Crippen LogP contribution is 2.28. The zero-order valence-corrected chi connectivity index (χ0v) is 15.9. The van der Waals surface area contributed by atoms with Gasteiger partial charge >= 0.3 is 6.03 Å². The molecule has 0 atom stereocenters. The predicted octanol–water partition coefficient (Wildman–Crippen LogP) is 3.69. The van der Waals surface area contributed by atoms with Crippen molar-refractivity contribution in [2.24, 2.45) is 5.92 Å². The fourth-order valence-electron chi connectivity index (χ4n) is 4.07. The summed E-state index contributed by atoms with van der Waals surface area (Å²) in [4.78, 5) is 27.9. The molecule has 5 nitrogen and oxygen atoms in total. The van der Waals surface area contributed by atoms with Crippen molar-refractivity contribution in [3.63, 3.8) is 0 Å². The Kier molecular flexibility index (Phi) is 6.53. The first kappa shape index (κ1) is 18.7. The van der Waals surface area contributed by atoms with E-state index in [-0.39, 0.29) is 11.8 Å². The van der Waals surface area contributed by atoms with Crippen molar-refractivity contribution in [2.45, 2.75) is 45.4 Å². The Bertz CT molecular complexity index is 600. The number of amides is 2. The number of hydrogen-bond donors (Lipinski definition) is 1. The van der Waals surface area contributed by atoms with E-state index in [1.54, 1.807) is 6.92 Å². The standard InChI is InChI=1S/C21H31N3O2/c1-17(25)19-8-10-20(11-9-19)23-13-15-24(16-14-23)21(26)22-12-4-7-18-5-2-3-6-18/h8-11,18H,2-7,12-16H2,1H3,(H,22,26). The van der Waals surface area contributed by atoms with E-state index in [0.29, 0.717) is 0 Å². The highest BCUT2D eigenvalue weighted by molar-refractivity contribution is 5.94. The molecule has 1 saturated carbocycles. The third-order valence-corrected chi connectivity index (χ3v) is 5.75.